The van der Waals surface area contributed by atoms with Gasteiger partial charge in [0.1, 0.15) is 10.6 Å². The first kappa shape index (κ1) is 17.6. The van der Waals surface area contributed by atoms with Crippen LogP contribution >= 0.6 is 11.3 Å². The third-order valence-electron chi connectivity index (χ3n) is 3.60. The quantitative estimate of drug-likeness (QED) is 0.680. The zero-order valence-electron chi connectivity index (χ0n) is 14.1. The fraction of sp³-hybridized carbons (Fsp3) is 0.105. The van der Waals surface area contributed by atoms with E-state index in [9.17, 15) is 9.59 Å². The van der Waals surface area contributed by atoms with Gasteiger partial charge in [-0.15, -0.1) is 11.3 Å². The molecule has 0 spiro atoms. The van der Waals surface area contributed by atoms with Crippen LogP contribution in [0.5, 0.6) is 5.75 Å². The van der Waals surface area contributed by atoms with E-state index in [1.165, 1.54) is 11.3 Å². The first-order valence-corrected chi connectivity index (χ1v) is 8.79. The highest BCUT2D eigenvalue weighted by atomic mass is 32.1. The van der Waals surface area contributed by atoms with Gasteiger partial charge in [0, 0.05) is 5.56 Å². The number of aromatic nitrogens is 1. The third kappa shape index (κ3) is 4.25. The second-order valence-electron chi connectivity index (χ2n) is 5.42. The predicted octanol–water partition coefficient (Wildman–Crippen LogP) is 2.96. The van der Waals surface area contributed by atoms with Crippen molar-refractivity contribution in [2.45, 2.75) is 6.92 Å². The maximum absolute atomic E-state index is 12.0. The summed E-state index contributed by atoms with van der Waals surface area (Å²) in [6.07, 6.45) is 0. The van der Waals surface area contributed by atoms with Crippen LogP contribution in [-0.2, 0) is 4.79 Å². The number of amides is 2. The monoisotopic (exact) mass is 367 g/mol. The molecule has 2 N–H and O–H groups in total. The average Bonchev–Trinajstić information content (AvgIpc) is 3.11. The Morgan fingerprint density at radius 3 is 2.50 bits per heavy atom. The number of carbonyl (C=O) groups is 2. The maximum Gasteiger partial charge on any atom is 0.281 e. The van der Waals surface area contributed by atoms with Crippen LogP contribution in [0.2, 0.25) is 0 Å². The first-order valence-electron chi connectivity index (χ1n) is 7.91. The lowest BCUT2D eigenvalue weighted by atomic mass is 10.1. The van der Waals surface area contributed by atoms with Gasteiger partial charge in [-0.05, 0) is 18.6 Å². The summed E-state index contributed by atoms with van der Waals surface area (Å²) in [6, 6.07) is 17.2. The Labute approximate surface area is 154 Å². The predicted molar refractivity (Wildman–Crippen MR) is 99.8 cm³/mol. The molecule has 2 amide bonds. The van der Waals surface area contributed by atoms with Gasteiger partial charge < -0.3 is 4.74 Å². The van der Waals surface area contributed by atoms with E-state index in [0.717, 1.165) is 11.1 Å². The van der Waals surface area contributed by atoms with Crippen molar-refractivity contribution < 1.29 is 14.3 Å². The van der Waals surface area contributed by atoms with Gasteiger partial charge in [0.25, 0.3) is 11.8 Å². The number of nitrogens with zero attached hydrogens (tertiary/aromatic N) is 1. The number of ether oxygens (including phenoxy) is 1. The van der Waals surface area contributed by atoms with E-state index in [0.29, 0.717) is 16.3 Å². The van der Waals surface area contributed by atoms with Crippen LogP contribution in [-0.4, -0.2) is 23.4 Å². The lowest BCUT2D eigenvalue weighted by Crippen LogP contribution is -2.43. The van der Waals surface area contributed by atoms with Gasteiger partial charge in [-0.2, -0.15) is 0 Å². The molecule has 1 aromatic heterocycles. The van der Waals surface area contributed by atoms with Gasteiger partial charge in [-0.1, -0.05) is 48.5 Å². The molecule has 3 aromatic rings. The summed E-state index contributed by atoms with van der Waals surface area (Å²) in [7, 11) is 0. The Kier molecular flexibility index (Phi) is 5.60. The van der Waals surface area contributed by atoms with Crippen LogP contribution in [0.4, 0.5) is 0 Å². The van der Waals surface area contributed by atoms with E-state index in [1.807, 2.05) is 48.5 Å². The molecule has 3 rings (SSSR count). The summed E-state index contributed by atoms with van der Waals surface area (Å²) < 4.78 is 5.63. The molecule has 0 aliphatic rings. The summed E-state index contributed by atoms with van der Waals surface area (Å²) in [5.74, 6) is -0.259. The molecule has 2 aromatic carbocycles. The molecular weight excluding hydrogens is 350 g/mol. The molecule has 0 aliphatic heterocycles. The number of benzene rings is 2. The topological polar surface area (TPSA) is 80.3 Å². The van der Waals surface area contributed by atoms with E-state index >= 15 is 0 Å². The normalized spacial score (nSPS) is 10.2. The number of hydrogen-bond acceptors (Lipinski definition) is 5. The standard InChI is InChI=1S/C19H17N3O3S/c1-13-18(26-12-20-13)19(24)22-21-17(23)11-25-16-10-6-5-9-15(16)14-7-3-2-4-8-14/h2-10,12H,11H2,1H3,(H,21,23)(H,22,24). The molecule has 0 saturated heterocycles. The van der Waals surface area contributed by atoms with E-state index in [2.05, 4.69) is 15.8 Å². The number of aryl methyl sites for hydroxylation is 1. The third-order valence-corrected chi connectivity index (χ3v) is 4.53. The van der Waals surface area contributed by atoms with Gasteiger partial charge in [0.2, 0.25) is 0 Å². The number of hydrogen-bond donors (Lipinski definition) is 2. The largest absolute Gasteiger partial charge is 0.483 e. The second-order valence-corrected chi connectivity index (χ2v) is 6.27. The van der Waals surface area contributed by atoms with Gasteiger partial charge in [0.15, 0.2) is 6.61 Å². The fourth-order valence-electron chi connectivity index (χ4n) is 2.33. The minimum Gasteiger partial charge on any atom is -0.483 e. The van der Waals surface area contributed by atoms with Gasteiger partial charge in [-0.3, -0.25) is 20.4 Å². The number of thiazole rings is 1. The van der Waals surface area contributed by atoms with Crippen LogP contribution in [0.3, 0.4) is 0 Å². The molecule has 0 fully saturated rings. The Bertz CT molecular complexity index is 909. The molecule has 0 atom stereocenters. The Morgan fingerprint density at radius 1 is 1.04 bits per heavy atom. The van der Waals surface area contributed by atoms with Crippen molar-refractivity contribution in [1.82, 2.24) is 15.8 Å². The Hall–Kier alpha value is -3.19. The summed E-state index contributed by atoms with van der Waals surface area (Å²) in [5, 5.41) is 0. The summed E-state index contributed by atoms with van der Waals surface area (Å²) in [6.45, 7) is 1.52. The number of hydrazine groups is 1. The van der Waals surface area contributed by atoms with E-state index in [1.54, 1.807) is 18.5 Å². The molecule has 0 radical (unpaired) electrons. The average molecular weight is 367 g/mol. The summed E-state index contributed by atoms with van der Waals surface area (Å²) in [5.41, 5.74) is 8.79. The van der Waals surface area contributed by atoms with Crippen LogP contribution in [0.25, 0.3) is 11.1 Å². The van der Waals surface area contributed by atoms with Crippen molar-refractivity contribution in [3.63, 3.8) is 0 Å². The molecule has 0 aliphatic carbocycles. The lowest BCUT2D eigenvalue weighted by molar-refractivity contribution is -0.123. The first-order chi connectivity index (χ1) is 12.6. The smallest absolute Gasteiger partial charge is 0.281 e. The minimum atomic E-state index is -0.455. The van der Waals surface area contributed by atoms with Gasteiger partial charge in [0.05, 0.1) is 11.2 Å². The zero-order valence-corrected chi connectivity index (χ0v) is 14.9. The lowest BCUT2D eigenvalue weighted by Gasteiger charge is -2.12. The van der Waals surface area contributed by atoms with Crippen LogP contribution < -0.4 is 15.6 Å². The molecule has 0 saturated carbocycles. The van der Waals surface area contributed by atoms with Crippen molar-refractivity contribution in [3.8, 4) is 16.9 Å². The highest BCUT2D eigenvalue weighted by Gasteiger charge is 2.13. The minimum absolute atomic E-state index is 0.216. The zero-order chi connectivity index (χ0) is 18.4. The van der Waals surface area contributed by atoms with Gasteiger partial charge in [-0.25, -0.2) is 4.98 Å². The molecule has 26 heavy (non-hydrogen) atoms. The SMILES string of the molecule is Cc1ncsc1C(=O)NNC(=O)COc1ccccc1-c1ccccc1. The summed E-state index contributed by atoms with van der Waals surface area (Å²) in [4.78, 5) is 28.4. The van der Waals surface area contributed by atoms with Crippen LogP contribution in [0.15, 0.2) is 60.1 Å². The van der Waals surface area contributed by atoms with Crippen LogP contribution in [0.1, 0.15) is 15.4 Å². The van der Waals surface area contributed by atoms with Crippen molar-refractivity contribution in [1.29, 1.82) is 0 Å². The molecule has 0 bridgehead atoms. The Morgan fingerprint density at radius 2 is 1.77 bits per heavy atom. The highest BCUT2D eigenvalue weighted by Crippen LogP contribution is 2.29. The molecular formula is C19H17N3O3S. The maximum atomic E-state index is 12.0. The van der Waals surface area contributed by atoms with E-state index in [-0.39, 0.29) is 6.61 Å². The van der Waals surface area contributed by atoms with Crippen molar-refractivity contribution in [3.05, 3.63) is 70.7 Å². The molecule has 0 unspecified atom stereocenters. The molecule has 6 nitrogen and oxygen atoms in total. The number of carbonyl (C=O) groups excluding carboxylic acids is 2. The number of nitrogens with one attached hydrogen (secondary N) is 2. The highest BCUT2D eigenvalue weighted by molar-refractivity contribution is 7.11. The van der Waals surface area contributed by atoms with Gasteiger partial charge >= 0.3 is 0 Å². The molecule has 132 valence electrons. The number of para-hydroxylation sites is 1. The van der Waals surface area contributed by atoms with Crippen molar-refractivity contribution in [2.75, 3.05) is 6.61 Å². The Balaban J connectivity index is 1.57. The number of rotatable bonds is 5. The van der Waals surface area contributed by atoms with E-state index < -0.39 is 11.8 Å². The molecule has 1 heterocycles. The van der Waals surface area contributed by atoms with Crippen LogP contribution in [0, 0.1) is 6.92 Å². The second kappa shape index (κ2) is 8.26. The van der Waals surface area contributed by atoms with Crippen molar-refractivity contribution in [2.24, 2.45) is 0 Å². The molecule has 7 heteroatoms. The fourth-order valence-corrected chi connectivity index (χ4v) is 3.03. The van der Waals surface area contributed by atoms with Crippen molar-refractivity contribution >= 4 is 23.2 Å². The summed E-state index contributed by atoms with van der Waals surface area (Å²) >= 11 is 1.21. The van der Waals surface area contributed by atoms with E-state index in [4.69, 9.17) is 4.74 Å².